The third kappa shape index (κ3) is 2.18. The molecule has 1 unspecified atom stereocenters. The fourth-order valence-corrected chi connectivity index (χ4v) is 0.173. The molecule has 0 aliphatic heterocycles. The lowest BCUT2D eigenvalue weighted by Crippen LogP contribution is -2.30. The molecule has 0 fully saturated rings. The fourth-order valence-electron chi connectivity index (χ4n) is 0.173. The Bertz CT molecular complexity index is 160. The summed E-state index contributed by atoms with van der Waals surface area (Å²) in [7, 11) is 0. The Hall–Kier alpha value is -1.71. The number of nitriles is 1. The molecule has 0 radical (unpaired) electrons. The molecule has 0 saturated heterocycles. The lowest BCUT2D eigenvalue weighted by Gasteiger charge is -1.93. The van der Waals surface area contributed by atoms with Crippen LogP contribution in [0.4, 0.5) is 0 Å². The van der Waals surface area contributed by atoms with Crippen molar-refractivity contribution in [1.29, 1.82) is 5.26 Å². The lowest BCUT2D eigenvalue weighted by atomic mass is 10.6. The molecule has 0 aliphatic carbocycles. The average Bonchev–Trinajstić information content (AvgIpc) is 1.82. The van der Waals surface area contributed by atoms with E-state index in [0.29, 0.717) is 0 Å². The van der Waals surface area contributed by atoms with Crippen LogP contribution in [-0.4, -0.2) is 11.1 Å². The molecule has 0 rings (SSSR count). The van der Waals surface area contributed by atoms with Crippen molar-refractivity contribution < 1.29 is 4.92 Å². The number of nitro groups is 1. The van der Waals surface area contributed by atoms with Gasteiger partial charge in [-0.3, -0.25) is 10.1 Å². The topological polar surface area (TPSA) is 108 Å². The quantitative estimate of drug-likeness (QED) is 0.237. The summed E-state index contributed by atoms with van der Waals surface area (Å²) >= 11 is 0. The van der Waals surface area contributed by atoms with E-state index in [9.17, 15) is 15.0 Å². The van der Waals surface area contributed by atoms with Crippen molar-refractivity contribution in [2.24, 2.45) is 5.29 Å². The minimum absolute atomic E-state index is 0.957. The fraction of sp³-hybridized carbons (Fsp3) is 0.500. The highest BCUT2D eigenvalue weighted by atomic mass is 16.6. The number of rotatable bonds is 3. The molecule has 0 heterocycles. The van der Waals surface area contributed by atoms with Gasteiger partial charge in [0.05, 0.1) is 10.2 Å². The van der Waals surface area contributed by atoms with Crippen LogP contribution in [0.25, 0.3) is 0 Å². The van der Waals surface area contributed by atoms with Gasteiger partial charge in [-0.15, -0.1) is 4.91 Å². The van der Waals surface area contributed by atoms with E-state index < -0.39 is 11.1 Å². The minimum atomic E-state index is -1.73. The monoisotopic (exact) mass is 130 g/mol. The van der Waals surface area contributed by atoms with Crippen LogP contribution < -0.4 is 5.43 Å². The van der Waals surface area contributed by atoms with Gasteiger partial charge in [0.15, 0.2) is 6.07 Å². The predicted octanol–water partition coefficient (Wildman–Crippen LogP) is -0.616. The highest BCUT2D eigenvalue weighted by Gasteiger charge is 2.16. The molecule has 7 heteroatoms. The van der Waals surface area contributed by atoms with Crippen molar-refractivity contribution in [2.45, 2.75) is 6.17 Å². The molecule has 0 aromatic carbocycles. The van der Waals surface area contributed by atoms with Gasteiger partial charge in [0.2, 0.25) is 0 Å². The maximum absolute atomic E-state index is 9.64. The second-order valence-electron chi connectivity index (χ2n) is 1.04. The Balaban J connectivity index is 3.86. The van der Waals surface area contributed by atoms with Gasteiger partial charge < -0.3 is 0 Å². The molecule has 0 bridgehead atoms. The summed E-state index contributed by atoms with van der Waals surface area (Å²) in [6.45, 7) is 0. The van der Waals surface area contributed by atoms with Gasteiger partial charge in [0.25, 0.3) is 0 Å². The predicted molar refractivity (Wildman–Crippen MR) is 25.3 cm³/mol. The summed E-state index contributed by atoms with van der Waals surface area (Å²) in [6, 6.07) is 1.20. The second-order valence-corrected chi connectivity index (χ2v) is 1.04. The molecule has 0 amide bonds. The van der Waals surface area contributed by atoms with E-state index in [0.717, 1.165) is 0 Å². The van der Waals surface area contributed by atoms with Gasteiger partial charge >= 0.3 is 6.17 Å². The van der Waals surface area contributed by atoms with Crippen LogP contribution in [0, 0.1) is 26.4 Å². The zero-order valence-corrected chi connectivity index (χ0v) is 4.14. The van der Waals surface area contributed by atoms with E-state index in [1.165, 1.54) is 11.5 Å². The Kier molecular flexibility index (Phi) is 2.68. The van der Waals surface area contributed by atoms with Gasteiger partial charge in [-0.05, 0) is 0 Å². The van der Waals surface area contributed by atoms with Crippen molar-refractivity contribution in [3.63, 3.8) is 0 Å². The standard InChI is InChI=1S/C2H2N4O3/c3-1-2(4-5-7)6(8)9/h2H,(H,4,7). The Morgan fingerprint density at radius 3 is 2.56 bits per heavy atom. The maximum atomic E-state index is 9.64. The van der Waals surface area contributed by atoms with E-state index in [1.54, 1.807) is 0 Å². The van der Waals surface area contributed by atoms with Gasteiger partial charge in [-0.1, -0.05) is 0 Å². The first kappa shape index (κ1) is 7.29. The Morgan fingerprint density at radius 1 is 1.89 bits per heavy atom. The summed E-state index contributed by atoms with van der Waals surface area (Å²) in [5.74, 6) is 0. The van der Waals surface area contributed by atoms with Gasteiger partial charge in [-0.25, -0.2) is 0 Å². The van der Waals surface area contributed by atoms with Crippen molar-refractivity contribution in [1.82, 2.24) is 5.43 Å². The third-order valence-corrected chi connectivity index (χ3v) is 0.508. The van der Waals surface area contributed by atoms with Crippen molar-refractivity contribution in [3.8, 4) is 6.07 Å². The molecule has 0 spiro atoms. The van der Waals surface area contributed by atoms with Gasteiger partial charge in [0.1, 0.15) is 0 Å². The van der Waals surface area contributed by atoms with Crippen LogP contribution >= 0.6 is 0 Å². The summed E-state index contributed by atoms with van der Waals surface area (Å²) in [4.78, 5) is 17.9. The first-order chi connectivity index (χ1) is 4.22. The van der Waals surface area contributed by atoms with E-state index in [1.807, 2.05) is 5.29 Å². The Labute approximate surface area is 49.4 Å². The number of nitrogens with one attached hydrogen (secondary N) is 1. The molecule has 48 valence electrons. The van der Waals surface area contributed by atoms with E-state index in [4.69, 9.17) is 5.26 Å². The van der Waals surface area contributed by atoms with Gasteiger partial charge in [-0.2, -0.15) is 10.7 Å². The molecular formula is C2H2N4O3. The van der Waals surface area contributed by atoms with Crippen molar-refractivity contribution in [2.75, 3.05) is 0 Å². The van der Waals surface area contributed by atoms with E-state index in [2.05, 4.69) is 0 Å². The van der Waals surface area contributed by atoms with Crippen LogP contribution in [-0.2, 0) is 0 Å². The summed E-state index contributed by atoms with van der Waals surface area (Å²) in [5, 5.41) is 19.5. The minimum Gasteiger partial charge on any atom is -0.261 e. The zero-order valence-electron chi connectivity index (χ0n) is 4.14. The van der Waals surface area contributed by atoms with Crippen LogP contribution in [0.3, 0.4) is 0 Å². The van der Waals surface area contributed by atoms with Crippen LogP contribution in [0.2, 0.25) is 0 Å². The third-order valence-electron chi connectivity index (χ3n) is 0.508. The first-order valence-corrected chi connectivity index (χ1v) is 1.83. The average molecular weight is 130 g/mol. The van der Waals surface area contributed by atoms with Crippen LogP contribution in [0.15, 0.2) is 5.29 Å². The SMILES string of the molecule is N#CC(NN=O)[N+](=O)[O-]. The Morgan fingerprint density at radius 2 is 2.44 bits per heavy atom. The molecule has 0 aromatic rings. The van der Waals surface area contributed by atoms with Crippen LogP contribution in [0.1, 0.15) is 0 Å². The molecule has 1 N–H and O–H groups in total. The summed E-state index contributed by atoms with van der Waals surface area (Å²) in [5.41, 5.74) is 1.44. The number of hydrogen-bond acceptors (Lipinski definition) is 5. The normalized spacial score (nSPS) is 11.0. The summed E-state index contributed by atoms with van der Waals surface area (Å²) in [6.07, 6.45) is -1.73. The second kappa shape index (κ2) is 3.31. The smallest absolute Gasteiger partial charge is 0.261 e. The molecule has 0 aromatic heterocycles. The summed E-state index contributed by atoms with van der Waals surface area (Å²) < 4.78 is 0. The maximum Gasteiger partial charge on any atom is 0.387 e. The molecular weight excluding hydrogens is 128 g/mol. The van der Waals surface area contributed by atoms with Crippen LogP contribution in [0.5, 0.6) is 0 Å². The highest BCUT2D eigenvalue weighted by Crippen LogP contribution is 1.79. The van der Waals surface area contributed by atoms with E-state index >= 15 is 0 Å². The molecule has 9 heavy (non-hydrogen) atoms. The number of hydrogen-bond donors (Lipinski definition) is 1. The number of nitroso groups, excluding NO2 is 1. The first-order valence-electron chi connectivity index (χ1n) is 1.83. The molecule has 7 nitrogen and oxygen atoms in total. The molecule has 1 atom stereocenters. The van der Waals surface area contributed by atoms with Crippen molar-refractivity contribution >= 4 is 0 Å². The number of nitrogens with zero attached hydrogens (tertiary/aromatic N) is 3. The molecule has 0 aliphatic rings. The highest BCUT2D eigenvalue weighted by molar-refractivity contribution is 4.78. The molecule has 0 saturated carbocycles. The zero-order chi connectivity index (χ0) is 7.28. The largest absolute Gasteiger partial charge is 0.387 e. The lowest BCUT2D eigenvalue weighted by molar-refractivity contribution is -0.513. The van der Waals surface area contributed by atoms with E-state index in [-0.39, 0.29) is 0 Å². The van der Waals surface area contributed by atoms with Gasteiger partial charge in [0, 0.05) is 0 Å². The van der Waals surface area contributed by atoms with Crippen molar-refractivity contribution in [3.05, 3.63) is 15.0 Å².